The van der Waals surface area contributed by atoms with Crippen LogP contribution in [0.15, 0.2) is 0 Å². The molecule has 0 radical (unpaired) electrons. The Kier molecular flexibility index (Phi) is 7.49. The first-order valence-electron chi connectivity index (χ1n) is 6.43. The van der Waals surface area contributed by atoms with Crippen molar-refractivity contribution < 1.29 is 34.8 Å². The van der Waals surface area contributed by atoms with Gasteiger partial charge in [-0.05, 0) is 19.3 Å². The van der Waals surface area contributed by atoms with Gasteiger partial charge in [0, 0.05) is 6.54 Å². The van der Waals surface area contributed by atoms with Crippen molar-refractivity contribution in [1.82, 2.24) is 0 Å². The molecule has 0 bridgehead atoms. The zero-order valence-electron chi connectivity index (χ0n) is 11.8. The zero-order valence-corrected chi connectivity index (χ0v) is 13.3. The maximum atomic E-state index is 12.6. The van der Waals surface area contributed by atoms with E-state index < -0.39 is 63.9 Å². The second-order valence-electron chi connectivity index (χ2n) is 4.96. The minimum Gasteiger partial charge on any atom is -0.328 e. The fourth-order valence-electron chi connectivity index (χ4n) is 1.81. The molecule has 0 aliphatic carbocycles. The zero-order chi connectivity index (χ0) is 17.8. The number of nitrogens with two attached hydrogens (primary N) is 1. The normalized spacial score (nSPS) is 18.0. The lowest BCUT2D eigenvalue weighted by Gasteiger charge is -2.28. The molecule has 0 rings (SSSR count). The van der Waals surface area contributed by atoms with E-state index in [4.69, 9.17) is 17.3 Å². The summed E-state index contributed by atoms with van der Waals surface area (Å²) in [6.07, 6.45) is -12.4. The lowest BCUT2D eigenvalue weighted by atomic mass is 9.98. The fourth-order valence-corrected chi connectivity index (χ4v) is 3.70. The van der Waals surface area contributed by atoms with Gasteiger partial charge in [0.15, 0.2) is 14.0 Å². The molecule has 3 nitrogen and oxygen atoms in total. The van der Waals surface area contributed by atoms with Gasteiger partial charge in [-0.3, -0.25) is 0 Å². The van der Waals surface area contributed by atoms with Gasteiger partial charge in [0.05, 0.1) is 18.1 Å². The molecule has 2 unspecified atom stereocenters. The fraction of sp³-hybridized carbons (Fsp3) is 1.00. The summed E-state index contributed by atoms with van der Waals surface area (Å²) >= 11 is 5.75. The Hall–Kier alpha value is -0.220. The minimum atomic E-state index is -4.71. The third kappa shape index (κ3) is 6.49. The standard InChI is InChI=1S/C11H18ClF6NO2S/c1-2-8(11(16,17)18)3-4-9(12,7-19)22(20,21)6-5-10(13,14)15/h8H,2-7,19H2,1H3. The maximum absolute atomic E-state index is 12.6. The lowest BCUT2D eigenvalue weighted by molar-refractivity contribution is -0.177. The first-order valence-corrected chi connectivity index (χ1v) is 8.46. The van der Waals surface area contributed by atoms with E-state index in [1.54, 1.807) is 0 Å². The number of rotatable bonds is 8. The molecule has 0 aliphatic heterocycles. The Bertz CT molecular complexity index is 450. The van der Waals surface area contributed by atoms with Crippen LogP contribution in [0, 0.1) is 5.92 Å². The van der Waals surface area contributed by atoms with E-state index in [0.29, 0.717) is 0 Å². The molecule has 2 atom stereocenters. The van der Waals surface area contributed by atoms with Gasteiger partial charge in [0.2, 0.25) is 0 Å². The van der Waals surface area contributed by atoms with Crippen molar-refractivity contribution in [2.45, 2.75) is 49.2 Å². The van der Waals surface area contributed by atoms with Crippen molar-refractivity contribution in [2.75, 3.05) is 12.3 Å². The topological polar surface area (TPSA) is 60.2 Å². The Labute approximate surface area is 130 Å². The van der Waals surface area contributed by atoms with Crippen LogP contribution >= 0.6 is 11.6 Å². The summed E-state index contributed by atoms with van der Waals surface area (Å²) in [4.78, 5) is 0. The van der Waals surface area contributed by atoms with E-state index in [1.165, 1.54) is 6.92 Å². The van der Waals surface area contributed by atoms with Gasteiger partial charge < -0.3 is 5.73 Å². The van der Waals surface area contributed by atoms with Gasteiger partial charge in [0.1, 0.15) is 0 Å². The largest absolute Gasteiger partial charge is 0.391 e. The second kappa shape index (κ2) is 7.57. The van der Waals surface area contributed by atoms with Crippen LogP contribution in [0.25, 0.3) is 0 Å². The highest BCUT2D eigenvalue weighted by molar-refractivity contribution is 7.94. The smallest absolute Gasteiger partial charge is 0.328 e. The van der Waals surface area contributed by atoms with Crippen molar-refractivity contribution >= 4 is 21.4 Å². The summed E-state index contributed by atoms with van der Waals surface area (Å²) in [5, 5.41) is 0. The quantitative estimate of drug-likeness (QED) is 0.519. The van der Waals surface area contributed by atoms with Gasteiger partial charge in [-0.2, -0.15) is 26.3 Å². The average Bonchev–Trinajstić information content (AvgIpc) is 2.34. The second-order valence-corrected chi connectivity index (χ2v) is 8.32. The van der Waals surface area contributed by atoms with Crippen molar-refractivity contribution in [3.63, 3.8) is 0 Å². The molecule has 0 aromatic heterocycles. The van der Waals surface area contributed by atoms with Crippen LogP contribution < -0.4 is 5.73 Å². The van der Waals surface area contributed by atoms with E-state index in [1.807, 2.05) is 0 Å². The summed E-state index contributed by atoms with van der Waals surface area (Å²) in [6, 6.07) is 0. The van der Waals surface area contributed by atoms with E-state index in [2.05, 4.69) is 0 Å². The summed E-state index contributed by atoms with van der Waals surface area (Å²) in [5.41, 5.74) is 5.20. The summed E-state index contributed by atoms with van der Waals surface area (Å²) in [7, 11) is -4.50. The molecule has 2 N–H and O–H groups in total. The van der Waals surface area contributed by atoms with Crippen molar-refractivity contribution in [3.05, 3.63) is 0 Å². The molecule has 0 saturated carbocycles. The molecular weight excluding hydrogens is 360 g/mol. The molecule has 0 aromatic rings. The van der Waals surface area contributed by atoms with Gasteiger partial charge in [-0.1, -0.05) is 6.92 Å². The molecule has 11 heteroatoms. The highest BCUT2D eigenvalue weighted by Gasteiger charge is 2.45. The predicted octanol–water partition coefficient (Wildman–Crippen LogP) is 3.62. The highest BCUT2D eigenvalue weighted by atomic mass is 35.5. The number of hydrogen-bond donors (Lipinski definition) is 1. The van der Waals surface area contributed by atoms with E-state index >= 15 is 0 Å². The van der Waals surface area contributed by atoms with Gasteiger partial charge in [0.25, 0.3) is 0 Å². The number of halogens is 7. The molecule has 22 heavy (non-hydrogen) atoms. The molecule has 0 aliphatic rings. The van der Waals surface area contributed by atoms with Crippen LogP contribution in [0.4, 0.5) is 26.3 Å². The third-order valence-electron chi connectivity index (χ3n) is 3.34. The van der Waals surface area contributed by atoms with Crippen molar-refractivity contribution in [3.8, 4) is 0 Å². The van der Waals surface area contributed by atoms with Crippen LogP contribution in [-0.4, -0.2) is 37.3 Å². The molecule has 0 fully saturated rings. The number of hydrogen-bond acceptors (Lipinski definition) is 3. The Morgan fingerprint density at radius 3 is 1.91 bits per heavy atom. The van der Waals surface area contributed by atoms with Gasteiger partial charge in [-0.15, -0.1) is 11.6 Å². The van der Waals surface area contributed by atoms with Crippen molar-refractivity contribution in [1.29, 1.82) is 0 Å². The molecule has 134 valence electrons. The monoisotopic (exact) mass is 377 g/mol. The van der Waals surface area contributed by atoms with Crippen LogP contribution in [0.2, 0.25) is 0 Å². The first-order chi connectivity index (χ1) is 9.68. The van der Waals surface area contributed by atoms with Crippen LogP contribution in [0.5, 0.6) is 0 Å². The first kappa shape index (κ1) is 21.8. The minimum absolute atomic E-state index is 0.288. The van der Waals surface area contributed by atoms with E-state index in [-0.39, 0.29) is 6.42 Å². The number of alkyl halides is 7. The van der Waals surface area contributed by atoms with Gasteiger partial charge in [-0.25, -0.2) is 8.42 Å². The number of sulfone groups is 1. The molecule has 0 spiro atoms. The third-order valence-corrected chi connectivity index (χ3v) is 6.61. The Morgan fingerprint density at radius 2 is 1.59 bits per heavy atom. The van der Waals surface area contributed by atoms with Crippen LogP contribution in [-0.2, 0) is 9.84 Å². The summed E-state index contributed by atoms with van der Waals surface area (Å²) in [6.45, 7) is 0.512. The summed E-state index contributed by atoms with van der Waals surface area (Å²) < 4.78 is 95.7. The van der Waals surface area contributed by atoms with Gasteiger partial charge >= 0.3 is 12.4 Å². The average molecular weight is 378 g/mol. The lowest BCUT2D eigenvalue weighted by Crippen LogP contribution is -2.43. The van der Waals surface area contributed by atoms with E-state index in [0.717, 1.165) is 0 Å². The molecule has 0 amide bonds. The van der Waals surface area contributed by atoms with Crippen LogP contribution in [0.3, 0.4) is 0 Å². The maximum Gasteiger partial charge on any atom is 0.391 e. The SMILES string of the molecule is CCC(CCC(Cl)(CN)S(=O)(=O)CCC(F)(F)F)C(F)(F)F. The predicted molar refractivity (Wildman–Crippen MR) is 71.2 cm³/mol. The van der Waals surface area contributed by atoms with E-state index in [9.17, 15) is 34.8 Å². The van der Waals surface area contributed by atoms with Crippen LogP contribution in [0.1, 0.15) is 32.6 Å². The molecular formula is C11H18ClF6NO2S. The van der Waals surface area contributed by atoms with Crippen molar-refractivity contribution in [2.24, 2.45) is 11.7 Å². The molecule has 0 heterocycles. The molecule has 0 saturated heterocycles. The highest BCUT2D eigenvalue weighted by Crippen LogP contribution is 2.37. The molecule has 0 aromatic carbocycles. The Balaban J connectivity index is 5.03. The Morgan fingerprint density at radius 1 is 1.09 bits per heavy atom. The summed E-state index contributed by atoms with van der Waals surface area (Å²) in [5.74, 6) is -3.09.